The molecule has 0 amide bonds. The zero-order valence-electron chi connectivity index (χ0n) is 45.9. The van der Waals surface area contributed by atoms with Crippen LogP contribution in [0.2, 0.25) is 0 Å². The first-order valence-corrected chi connectivity index (χ1v) is 30.6. The van der Waals surface area contributed by atoms with Gasteiger partial charge >= 0.3 is 17.1 Å². The van der Waals surface area contributed by atoms with Crippen LogP contribution in [-0.4, -0.2) is 144 Å². The maximum Gasteiger partial charge on any atom is 2.00 e. The van der Waals surface area contributed by atoms with Gasteiger partial charge < -0.3 is 71.8 Å². The van der Waals surface area contributed by atoms with E-state index in [0.717, 1.165) is 65.3 Å². The van der Waals surface area contributed by atoms with Crippen LogP contribution < -0.4 is 72.1 Å². The normalized spacial score (nSPS) is 12.7. The topological polar surface area (TPSA) is 196 Å². The molecule has 0 spiro atoms. The van der Waals surface area contributed by atoms with Crippen LogP contribution >= 0.6 is 0 Å². The molecular weight excluding hydrogens is 1330 g/mol. The van der Waals surface area contributed by atoms with E-state index in [-0.39, 0.29) is 99.3 Å². The second-order valence-corrected chi connectivity index (χ2v) is 26.9. The van der Waals surface area contributed by atoms with Crippen molar-refractivity contribution in [3.63, 3.8) is 0 Å². The van der Waals surface area contributed by atoms with Gasteiger partial charge in [0.1, 0.15) is 0 Å². The molecule has 0 atom stereocenters. The molecule has 16 nitrogen and oxygen atoms in total. The molecule has 2 aliphatic rings. The number of fused-ring (bicyclic) bond motifs is 20. The summed E-state index contributed by atoms with van der Waals surface area (Å²) in [4.78, 5) is 23.0. The first kappa shape index (κ1) is 64.3. The average molecular weight is 1400 g/mol. The van der Waals surface area contributed by atoms with Gasteiger partial charge in [0.15, 0.2) is 0 Å². The van der Waals surface area contributed by atoms with E-state index < -0.39 is 30.1 Å². The predicted octanol–water partition coefficient (Wildman–Crippen LogP) is 2.09. The van der Waals surface area contributed by atoms with Crippen LogP contribution in [-0.2, 0) is 47.1 Å². The Morgan fingerprint density at radius 3 is 1.22 bits per heavy atom. The molecule has 5 heterocycles. The number of hydrogen-bond acceptors (Lipinski definition) is 9. The largest absolute Gasteiger partial charge is 2.00 e. The van der Waals surface area contributed by atoms with Gasteiger partial charge in [0.2, 0.25) is 30.1 Å². The maximum absolute atomic E-state index is 14.1. The summed E-state index contributed by atoms with van der Waals surface area (Å²) in [5.74, 6) is 0. The van der Waals surface area contributed by atoms with Crippen molar-refractivity contribution in [2.75, 3.05) is 94.6 Å². The molecule has 4 aromatic carbocycles. The van der Waals surface area contributed by atoms with E-state index in [4.69, 9.17) is 19.9 Å². The van der Waals surface area contributed by atoms with Gasteiger partial charge in [0.25, 0.3) is 0 Å². The fourth-order valence-corrected chi connectivity index (χ4v) is 13.7. The maximum atomic E-state index is 14.1. The van der Waals surface area contributed by atoms with Gasteiger partial charge in [0.05, 0.1) is 91.8 Å². The monoisotopic (exact) mass is 1400 g/mol. The Balaban J connectivity index is 0.00000336. The molecule has 3 aromatic heterocycles. The summed E-state index contributed by atoms with van der Waals surface area (Å²) in [6.07, 6.45) is 4.02. The van der Waals surface area contributed by atoms with Crippen LogP contribution in [0.5, 0.6) is 0 Å². The van der Waals surface area contributed by atoms with Crippen LogP contribution in [0.3, 0.4) is 0 Å². The molecule has 0 saturated carbocycles. The van der Waals surface area contributed by atoms with Crippen LogP contribution in [0.25, 0.3) is 88.6 Å². The number of benzene rings is 4. The molecule has 0 aliphatic carbocycles. The van der Waals surface area contributed by atoms with E-state index >= 15 is 0 Å². The Morgan fingerprint density at radius 1 is 0.456 bits per heavy atom. The molecule has 7 aromatic rings. The number of aromatic nitrogens is 4. The number of hydrogen-bond donors (Lipinski definition) is 3. The fraction of sp³-hybridized carbons (Fsp3) is 0.368. The summed E-state index contributed by atoms with van der Waals surface area (Å²) in [5, 5.41) is 2.85. The zero-order chi connectivity index (χ0) is 54.2. The van der Waals surface area contributed by atoms with Crippen molar-refractivity contribution in [2.45, 2.75) is 60.6 Å². The van der Waals surface area contributed by atoms with Gasteiger partial charge in [0, 0.05) is 54.7 Å². The quantitative estimate of drug-likeness (QED) is 0.0390. The number of sulfonamides is 3. The zero-order valence-corrected chi connectivity index (χ0v) is 53.6. The summed E-state index contributed by atoms with van der Waals surface area (Å²) in [6, 6.07) is 30.1. The van der Waals surface area contributed by atoms with Crippen molar-refractivity contribution in [2.24, 2.45) is 0 Å². The summed E-state index contributed by atoms with van der Waals surface area (Å²) >= 11 is 0. The van der Waals surface area contributed by atoms with Crippen molar-refractivity contribution in [3.8, 4) is 45.0 Å². The molecule has 8 bridgehead atoms. The number of rotatable bonds is 22. The molecule has 2 aliphatic heterocycles. The number of quaternary nitrogens is 2. The first-order valence-electron chi connectivity index (χ1n) is 26.1. The second kappa shape index (κ2) is 26.1. The second-order valence-electron chi connectivity index (χ2n) is 21.6. The van der Waals surface area contributed by atoms with Crippen LogP contribution in [0.1, 0.15) is 46.0 Å². The van der Waals surface area contributed by atoms with E-state index in [0.29, 0.717) is 97.1 Å². The van der Waals surface area contributed by atoms with E-state index in [1.165, 1.54) is 0 Å². The van der Waals surface area contributed by atoms with Gasteiger partial charge in [-0.25, -0.2) is 49.4 Å². The Kier molecular flexibility index (Phi) is 21.3. The van der Waals surface area contributed by atoms with Gasteiger partial charge in [-0.1, -0.05) is 56.3 Å². The average Bonchev–Trinajstić information content (AvgIpc) is 4.28. The summed E-state index contributed by atoms with van der Waals surface area (Å²) in [5.41, 5.74) is 6.61. The summed E-state index contributed by atoms with van der Waals surface area (Å²) in [6.45, 7) is 9.44. The van der Waals surface area contributed by atoms with Gasteiger partial charge in [-0.05, 0) is 122 Å². The van der Waals surface area contributed by atoms with E-state index in [1.54, 1.807) is 66.7 Å². The molecule has 79 heavy (non-hydrogen) atoms. The SMILES string of the molecule is CCC[N+](C)(C)CCCNS(=O)(=O)c1ccc2c(c1)-c1cc3[n-]c(cc4nc(cc5[n-]c(cc-2n1)c1cc(S(=O)(=O)NCCC[N+](C)(C)CCC)ccc51)-c1cc(S(=O)(=O)NCCCN(C)C)ccc1-4)c1ccccc31.[Cu+2].[I-].[I-]. The van der Waals surface area contributed by atoms with Crippen molar-refractivity contribution in [1.82, 2.24) is 39.0 Å². The predicted molar refractivity (Wildman–Crippen MR) is 305 cm³/mol. The standard InChI is InChI=1S/C57H70N10O6S3.Cu.2HI/c1-9-28-66(5,6)30-14-25-59-75(70,71)40-19-22-45-48(33-40)55-36-51-43-17-12-11-16-42(43)50(61-51)35-52-44-21-18-39(74(68,69)58-24-13-27-65(3)4)32-47(44)56(62-52)37-54-46-23-20-41(34-49(46)57(64-54)38-53(45)63-55)76(72,73)60-26-15-31-67(7,8)29-10-2;;;/h11-12,16-23,32-38,58-60H,9-10,13-15,24-31H2,1-8H3;;2*1H/q;+2;;/p-2. The molecular formula is C57H70CuI2N10O6S3. The number of halogens is 2. The molecule has 0 fully saturated rings. The molecule has 9 rings (SSSR count). The molecule has 1 radical (unpaired) electrons. The third-order valence-electron chi connectivity index (χ3n) is 14.3. The van der Waals surface area contributed by atoms with Crippen LogP contribution in [0, 0.1) is 0 Å². The van der Waals surface area contributed by atoms with Crippen molar-refractivity contribution in [3.05, 3.63) is 103 Å². The van der Waals surface area contributed by atoms with Gasteiger partial charge in [-0.2, -0.15) is 0 Å². The van der Waals surface area contributed by atoms with Crippen molar-refractivity contribution >= 4 is 73.7 Å². The third kappa shape index (κ3) is 14.7. The van der Waals surface area contributed by atoms with Gasteiger partial charge in [-0.3, -0.25) is 0 Å². The first-order chi connectivity index (χ1) is 36.1. The van der Waals surface area contributed by atoms with E-state index in [2.05, 4.69) is 56.2 Å². The Morgan fingerprint density at radius 2 is 0.810 bits per heavy atom. The Hall–Kier alpha value is -3.89. The smallest absolute Gasteiger partial charge is 1.00 e. The molecule has 0 unspecified atom stereocenters. The fourth-order valence-electron chi connectivity index (χ4n) is 10.4. The van der Waals surface area contributed by atoms with Crippen LogP contribution in [0.4, 0.5) is 0 Å². The summed E-state index contributed by atoms with van der Waals surface area (Å²) in [7, 11) is 0.658. The molecule has 3 N–H and O–H groups in total. The van der Waals surface area contributed by atoms with Gasteiger partial charge in [-0.15, -0.1) is 22.1 Å². The minimum absolute atomic E-state index is 0. The molecule has 22 heteroatoms. The minimum atomic E-state index is -3.97. The van der Waals surface area contributed by atoms with E-state index in [9.17, 15) is 25.3 Å². The van der Waals surface area contributed by atoms with E-state index in [1.807, 2.05) is 55.4 Å². The van der Waals surface area contributed by atoms with Crippen molar-refractivity contribution < 1.29 is 99.2 Å². The van der Waals surface area contributed by atoms with Crippen molar-refractivity contribution in [1.29, 1.82) is 0 Å². The molecule has 427 valence electrons. The Bertz CT molecular complexity index is 3890. The summed E-state index contributed by atoms with van der Waals surface area (Å²) < 4.78 is 93.8. The third-order valence-corrected chi connectivity index (χ3v) is 18.7. The number of nitrogens with zero attached hydrogens (tertiary/aromatic N) is 7. The Labute approximate surface area is 510 Å². The number of nitrogens with one attached hydrogen (secondary N) is 3. The van der Waals surface area contributed by atoms with Crippen LogP contribution in [0.15, 0.2) is 118 Å². The molecule has 0 saturated heterocycles. The minimum Gasteiger partial charge on any atom is -1.00 e.